The molecule has 0 aromatic carbocycles. The molecule has 0 amide bonds. The first kappa shape index (κ1) is 24.1. The second kappa shape index (κ2) is 6.71. The van der Waals surface area contributed by atoms with Crippen molar-refractivity contribution in [1.29, 1.82) is 0 Å². The molecular formula is C10H3Cl2F13. The SMILES string of the molecule is FC(F)(F)C(F)(F)C(F)(F)C(/C=C/C=C(Cl)Cl)(C(F)(F)F)C(F)(F)F. The Bertz CT molecular complexity index is 516. The van der Waals surface area contributed by atoms with Gasteiger partial charge in [-0.05, 0) is 6.08 Å². The van der Waals surface area contributed by atoms with Crippen LogP contribution in [0.25, 0.3) is 0 Å². The fourth-order valence-electron chi connectivity index (χ4n) is 1.50. The Morgan fingerprint density at radius 3 is 1.16 bits per heavy atom. The van der Waals surface area contributed by atoms with Crippen LogP contribution in [0, 0.1) is 5.41 Å². The monoisotopic (exact) mass is 440 g/mol. The Morgan fingerprint density at radius 2 is 0.920 bits per heavy atom. The Morgan fingerprint density at radius 1 is 0.560 bits per heavy atom. The molecule has 0 spiro atoms. The van der Waals surface area contributed by atoms with Crippen molar-refractivity contribution in [2.24, 2.45) is 5.41 Å². The van der Waals surface area contributed by atoms with Gasteiger partial charge in [-0.3, -0.25) is 0 Å². The van der Waals surface area contributed by atoms with Crippen molar-refractivity contribution in [1.82, 2.24) is 0 Å². The first-order valence-corrected chi connectivity index (χ1v) is 6.08. The fraction of sp³-hybridized carbons (Fsp3) is 0.600. The van der Waals surface area contributed by atoms with E-state index in [1.165, 1.54) is 0 Å². The number of halogens is 15. The maximum absolute atomic E-state index is 13.5. The summed E-state index contributed by atoms with van der Waals surface area (Å²) in [7, 11) is 0. The molecule has 0 aliphatic rings. The maximum Gasteiger partial charge on any atom is 0.459 e. The van der Waals surface area contributed by atoms with Crippen LogP contribution in [0.5, 0.6) is 0 Å². The van der Waals surface area contributed by atoms with Crippen LogP contribution >= 0.6 is 23.2 Å². The van der Waals surface area contributed by atoms with E-state index in [2.05, 4.69) is 0 Å². The maximum atomic E-state index is 13.5. The Labute approximate surface area is 139 Å². The fourth-order valence-corrected chi connectivity index (χ4v) is 1.65. The molecule has 0 radical (unpaired) electrons. The minimum Gasteiger partial charge on any atom is -0.198 e. The predicted octanol–water partition coefficient (Wildman–Crippen LogP) is 6.81. The van der Waals surface area contributed by atoms with Gasteiger partial charge in [-0.2, -0.15) is 57.1 Å². The molecule has 0 bridgehead atoms. The van der Waals surface area contributed by atoms with E-state index in [-0.39, 0.29) is 6.08 Å². The van der Waals surface area contributed by atoms with E-state index in [1.54, 1.807) is 0 Å². The number of allylic oxidation sites excluding steroid dienone is 3. The molecule has 148 valence electrons. The van der Waals surface area contributed by atoms with Gasteiger partial charge >= 0.3 is 30.4 Å². The predicted molar refractivity (Wildman–Crippen MR) is 59.4 cm³/mol. The van der Waals surface area contributed by atoms with Crippen molar-refractivity contribution in [3.8, 4) is 0 Å². The molecule has 15 heteroatoms. The number of hydrogen-bond donors (Lipinski definition) is 0. The van der Waals surface area contributed by atoms with Gasteiger partial charge < -0.3 is 0 Å². The molecule has 0 aromatic heterocycles. The van der Waals surface area contributed by atoms with Crippen LogP contribution in [0.3, 0.4) is 0 Å². The lowest BCUT2D eigenvalue weighted by atomic mass is 9.75. The van der Waals surface area contributed by atoms with Crippen LogP contribution in [0.2, 0.25) is 0 Å². The molecule has 0 aliphatic carbocycles. The number of hydrogen-bond acceptors (Lipinski definition) is 0. The second-order valence-corrected chi connectivity index (χ2v) is 5.27. The minimum absolute atomic E-state index is 0.0723. The average molecular weight is 441 g/mol. The highest BCUT2D eigenvalue weighted by atomic mass is 35.5. The third-order valence-corrected chi connectivity index (χ3v) is 2.96. The molecule has 0 aromatic rings. The average Bonchev–Trinajstić information content (AvgIpc) is 2.28. The molecule has 0 saturated carbocycles. The van der Waals surface area contributed by atoms with E-state index in [1.807, 2.05) is 0 Å². The van der Waals surface area contributed by atoms with Crippen LogP contribution in [0.1, 0.15) is 0 Å². The number of rotatable bonds is 4. The second-order valence-electron chi connectivity index (χ2n) is 4.27. The highest BCUT2D eigenvalue weighted by Gasteiger charge is 2.91. The lowest BCUT2D eigenvalue weighted by Gasteiger charge is -2.43. The largest absolute Gasteiger partial charge is 0.459 e. The third kappa shape index (κ3) is 3.96. The van der Waals surface area contributed by atoms with Gasteiger partial charge in [0.15, 0.2) is 0 Å². The zero-order chi connectivity index (χ0) is 20.7. The molecule has 0 heterocycles. The van der Waals surface area contributed by atoms with Gasteiger partial charge in [0.2, 0.25) is 5.41 Å². The molecule has 0 atom stereocenters. The van der Waals surface area contributed by atoms with Gasteiger partial charge in [0.1, 0.15) is 4.49 Å². The van der Waals surface area contributed by atoms with E-state index in [0.717, 1.165) is 0 Å². The van der Waals surface area contributed by atoms with Gasteiger partial charge in [0.05, 0.1) is 0 Å². The Hall–Kier alpha value is -0.850. The van der Waals surface area contributed by atoms with Crippen LogP contribution in [0.4, 0.5) is 57.1 Å². The highest BCUT2D eigenvalue weighted by Crippen LogP contribution is 2.66. The minimum atomic E-state index is -7.71. The normalized spacial score (nSPS) is 15.6. The van der Waals surface area contributed by atoms with Crippen molar-refractivity contribution in [2.45, 2.75) is 30.4 Å². The third-order valence-electron chi connectivity index (χ3n) is 2.71. The molecule has 25 heavy (non-hydrogen) atoms. The summed E-state index contributed by atoms with van der Waals surface area (Å²) in [6.45, 7) is 0. The van der Waals surface area contributed by atoms with Crippen LogP contribution < -0.4 is 0 Å². The van der Waals surface area contributed by atoms with E-state index in [0.29, 0.717) is 0 Å². The van der Waals surface area contributed by atoms with E-state index in [9.17, 15) is 57.1 Å². The first-order chi connectivity index (χ1) is 10.7. The summed E-state index contributed by atoms with van der Waals surface area (Å²) < 4.78 is 164. The van der Waals surface area contributed by atoms with Gasteiger partial charge in [0.25, 0.3) is 0 Å². The van der Waals surface area contributed by atoms with Gasteiger partial charge in [-0.1, -0.05) is 35.4 Å². The summed E-state index contributed by atoms with van der Waals surface area (Å²) in [6, 6.07) is 0. The number of alkyl halides is 13. The molecule has 0 fully saturated rings. The Kier molecular flexibility index (Phi) is 6.48. The summed E-state index contributed by atoms with van der Waals surface area (Å²) in [5.41, 5.74) is -6.90. The van der Waals surface area contributed by atoms with Gasteiger partial charge in [-0.15, -0.1) is 0 Å². The van der Waals surface area contributed by atoms with Crippen LogP contribution in [-0.4, -0.2) is 30.4 Å². The summed E-state index contributed by atoms with van der Waals surface area (Å²) in [5, 5.41) is 0. The molecule has 0 nitrogen and oxygen atoms in total. The van der Waals surface area contributed by atoms with Crippen molar-refractivity contribution in [2.75, 3.05) is 0 Å². The van der Waals surface area contributed by atoms with E-state index < -0.39 is 52.4 Å². The van der Waals surface area contributed by atoms with E-state index >= 15 is 0 Å². The van der Waals surface area contributed by atoms with Crippen molar-refractivity contribution in [3.63, 3.8) is 0 Å². The summed E-state index contributed by atoms with van der Waals surface area (Å²) in [4.78, 5) is 0. The van der Waals surface area contributed by atoms with Crippen molar-refractivity contribution < 1.29 is 57.1 Å². The van der Waals surface area contributed by atoms with Gasteiger partial charge in [0, 0.05) is 0 Å². The van der Waals surface area contributed by atoms with E-state index in [4.69, 9.17) is 23.2 Å². The molecule has 0 aliphatic heterocycles. The van der Waals surface area contributed by atoms with Crippen LogP contribution in [0.15, 0.2) is 22.7 Å². The molecular weight excluding hydrogens is 438 g/mol. The quantitative estimate of drug-likeness (QED) is 0.333. The van der Waals surface area contributed by atoms with Crippen molar-refractivity contribution in [3.05, 3.63) is 22.7 Å². The zero-order valence-corrected chi connectivity index (χ0v) is 12.4. The smallest absolute Gasteiger partial charge is 0.198 e. The first-order valence-electron chi connectivity index (χ1n) is 5.33. The summed E-state index contributed by atoms with van der Waals surface area (Å²) >= 11 is 9.62. The topological polar surface area (TPSA) is 0 Å². The molecule has 0 saturated heterocycles. The van der Waals surface area contributed by atoms with Crippen molar-refractivity contribution >= 4 is 23.2 Å². The Balaban J connectivity index is 7.00. The molecule has 0 N–H and O–H groups in total. The summed E-state index contributed by atoms with van der Waals surface area (Å²) in [5.74, 6) is -15.4. The zero-order valence-electron chi connectivity index (χ0n) is 10.9. The lowest BCUT2D eigenvalue weighted by Crippen LogP contribution is -2.69. The van der Waals surface area contributed by atoms with Gasteiger partial charge in [-0.25, -0.2) is 0 Å². The molecule has 0 unspecified atom stereocenters. The standard InChI is InChI=1S/C10H3Cl2F13/c11-4(12)2-1-3-5(8(17,18)19,9(20,21)22)6(13,14)7(15,16)10(23,24)25/h1-3H/b3-1+. The molecule has 0 rings (SSSR count). The lowest BCUT2D eigenvalue weighted by molar-refractivity contribution is -0.446. The highest BCUT2D eigenvalue weighted by molar-refractivity contribution is 6.55. The summed E-state index contributed by atoms with van der Waals surface area (Å²) in [6.07, 6.45) is -24.3. The van der Waals surface area contributed by atoms with Crippen LogP contribution in [-0.2, 0) is 0 Å².